The van der Waals surface area contributed by atoms with Crippen LogP contribution in [0.15, 0.2) is 0 Å². The third kappa shape index (κ3) is 6.42. The summed E-state index contributed by atoms with van der Waals surface area (Å²) >= 11 is 0. The van der Waals surface area contributed by atoms with Crippen LogP contribution in [0, 0.1) is 0 Å². The average molecular weight is 512 g/mol. The summed E-state index contributed by atoms with van der Waals surface area (Å²) in [6, 6.07) is -3.02. The van der Waals surface area contributed by atoms with Gasteiger partial charge in [-0.15, -0.1) is 0 Å². The normalized spacial score (nSPS) is 39.3. The molecule has 0 aromatic heterocycles. The second kappa shape index (κ2) is 11.8. The standard InChI is InChI=1S/C19H32N2O14/c1-6(24)20-11-8(26)3-19(18(31)32,34-15(11)13(28)9(27)4-22)35-16-12(21-7(2)25)17(30)33-10(5-23)14(16)29/h8-17,22-23,26-30H,3-5H2,1-2H3,(H,20,24)(H,21,25)(H,31,32)/t8-,9+,10+,11+,12+,13+,14+,15+,16+,17?,19-/m0/s1. The summed E-state index contributed by atoms with van der Waals surface area (Å²) in [6.45, 7) is 0.311. The first-order chi connectivity index (χ1) is 16.3. The number of aliphatic hydroxyl groups is 7. The molecule has 0 spiro atoms. The van der Waals surface area contributed by atoms with Crippen LogP contribution in [0.4, 0.5) is 0 Å². The molecule has 16 nitrogen and oxygen atoms in total. The number of carbonyl (C=O) groups is 3. The average Bonchev–Trinajstić information content (AvgIpc) is 2.78. The van der Waals surface area contributed by atoms with Gasteiger partial charge in [-0.2, -0.15) is 0 Å². The third-order valence-electron chi connectivity index (χ3n) is 5.76. The van der Waals surface area contributed by atoms with Crippen molar-refractivity contribution in [2.75, 3.05) is 13.2 Å². The molecule has 11 atom stereocenters. The van der Waals surface area contributed by atoms with Gasteiger partial charge in [0.05, 0.1) is 25.4 Å². The molecule has 2 saturated heterocycles. The summed E-state index contributed by atoms with van der Waals surface area (Å²) in [5.41, 5.74) is 0. The van der Waals surface area contributed by atoms with E-state index in [4.69, 9.17) is 14.2 Å². The van der Waals surface area contributed by atoms with Crippen LogP contribution < -0.4 is 10.6 Å². The van der Waals surface area contributed by atoms with Gasteiger partial charge < -0.3 is 65.7 Å². The molecular weight excluding hydrogens is 480 g/mol. The van der Waals surface area contributed by atoms with Crippen LogP contribution in [0.1, 0.15) is 20.3 Å². The van der Waals surface area contributed by atoms with Crippen LogP contribution in [0.2, 0.25) is 0 Å². The van der Waals surface area contributed by atoms with E-state index in [9.17, 15) is 55.2 Å². The zero-order chi connectivity index (χ0) is 26.7. The van der Waals surface area contributed by atoms with Crippen LogP contribution in [0.5, 0.6) is 0 Å². The van der Waals surface area contributed by atoms with Crippen molar-refractivity contribution < 1.29 is 69.4 Å². The summed E-state index contributed by atoms with van der Waals surface area (Å²) in [4.78, 5) is 35.6. The summed E-state index contributed by atoms with van der Waals surface area (Å²) in [5, 5.41) is 85.1. The molecule has 2 aliphatic rings. The van der Waals surface area contributed by atoms with Crippen molar-refractivity contribution in [3.8, 4) is 0 Å². The lowest BCUT2D eigenvalue weighted by Gasteiger charge is -2.50. The highest BCUT2D eigenvalue weighted by atomic mass is 16.7. The highest BCUT2D eigenvalue weighted by Gasteiger charge is 2.59. The van der Waals surface area contributed by atoms with E-state index in [-0.39, 0.29) is 0 Å². The van der Waals surface area contributed by atoms with E-state index >= 15 is 0 Å². The van der Waals surface area contributed by atoms with Crippen LogP contribution in [0.3, 0.4) is 0 Å². The number of carboxylic acid groups (broad SMARTS) is 1. The van der Waals surface area contributed by atoms with Crippen molar-refractivity contribution in [1.82, 2.24) is 10.6 Å². The molecule has 2 rings (SSSR count). The number of amides is 2. The molecule has 35 heavy (non-hydrogen) atoms. The number of aliphatic carboxylic acids is 1. The molecule has 2 amide bonds. The molecule has 0 bridgehead atoms. The fraction of sp³-hybridized carbons (Fsp3) is 0.842. The molecule has 2 aliphatic heterocycles. The minimum Gasteiger partial charge on any atom is -0.477 e. The van der Waals surface area contributed by atoms with E-state index in [1.807, 2.05) is 0 Å². The van der Waals surface area contributed by atoms with E-state index in [2.05, 4.69) is 10.6 Å². The van der Waals surface area contributed by atoms with Crippen molar-refractivity contribution in [2.24, 2.45) is 0 Å². The van der Waals surface area contributed by atoms with E-state index in [0.717, 1.165) is 13.8 Å². The maximum absolute atomic E-state index is 12.3. The van der Waals surface area contributed by atoms with Gasteiger partial charge in [-0.05, 0) is 0 Å². The lowest BCUT2D eigenvalue weighted by Crippen LogP contribution is -2.71. The predicted molar refractivity (Wildman–Crippen MR) is 109 cm³/mol. The Kier molecular flexibility index (Phi) is 9.88. The van der Waals surface area contributed by atoms with Crippen molar-refractivity contribution >= 4 is 17.8 Å². The quantitative estimate of drug-likeness (QED) is 0.138. The minimum atomic E-state index is -2.87. The maximum atomic E-state index is 12.3. The summed E-state index contributed by atoms with van der Waals surface area (Å²) in [7, 11) is 0. The topological polar surface area (TPSA) is 265 Å². The van der Waals surface area contributed by atoms with E-state index in [0.29, 0.717) is 0 Å². The molecule has 10 N–H and O–H groups in total. The maximum Gasteiger partial charge on any atom is 0.364 e. The third-order valence-corrected chi connectivity index (χ3v) is 5.76. The van der Waals surface area contributed by atoms with E-state index in [1.165, 1.54) is 0 Å². The molecule has 2 fully saturated rings. The minimum absolute atomic E-state index is 0.698. The summed E-state index contributed by atoms with van der Waals surface area (Å²) < 4.78 is 16.1. The van der Waals surface area contributed by atoms with Crippen LogP contribution in [0.25, 0.3) is 0 Å². The molecule has 2 heterocycles. The Balaban J connectivity index is 2.50. The first-order valence-electron chi connectivity index (χ1n) is 10.7. The van der Waals surface area contributed by atoms with Gasteiger partial charge in [-0.3, -0.25) is 9.59 Å². The Hall–Kier alpha value is -1.99. The number of nitrogens with one attached hydrogen (secondary N) is 2. The summed E-state index contributed by atoms with van der Waals surface area (Å²) in [6.07, 6.45) is -15.4. The van der Waals surface area contributed by atoms with Crippen LogP contribution >= 0.6 is 0 Å². The molecule has 0 saturated carbocycles. The van der Waals surface area contributed by atoms with Gasteiger partial charge in [-0.25, -0.2) is 4.79 Å². The van der Waals surface area contributed by atoms with Gasteiger partial charge in [0.15, 0.2) is 6.29 Å². The Labute approximate surface area is 199 Å². The van der Waals surface area contributed by atoms with Gasteiger partial charge in [-0.1, -0.05) is 0 Å². The Bertz CT molecular complexity index is 770. The van der Waals surface area contributed by atoms with Crippen LogP contribution in [-0.4, -0.2) is 139 Å². The van der Waals surface area contributed by atoms with Crippen LogP contribution in [-0.2, 0) is 28.6 Å². The van der Waals surface area contributed by atoms with Gasteiger partial charge in [0, 0.05) is 20.3 Å². The predicted octanol–water partition coefficient (Wildman–Crippen LogP) is -5.90. The second-order valence-electron chi connectivity index (χ2n) is 8.43. The lowest BCUT2D eigenvalue weighted by molar-refractivity contribution is -0.352. The molecule has 0 aromatic carbocycles. The fourth-order valence-electron chi connectivity index (χ4n) is 4.08. The van der Waals surface area contributed by atoms with Gasteiger partial charge in [0.2, 0.25) is 11.8 Å². The fourth-order valence-corrected chi connectivity index (χ4v) is 4.08. The van der Waals surface area contributed by atoms with Crippen molar-refractivity contribution in [3.63, 3.8) is 0 Å². The lowest BCUT2D eigenvalue weighted by atomic mass is 9.88. The monoisotopic (exact) mass is 512 g/mol. The van der Waals surface area contributed by atoms with E-state index < -0.39 is 104 Å². The first kappa shape index (κ1) is 29.2. The van der Waals surface area contributed by atoms with Gasteiger partial charge >= 0.3 is 5.97 Å². The molecule has 0 aromatic rings. The van der Waals surface area contributed by atoms with Crippen molar-refractivity contribution in [3.05, 3.63) is 0 Å². The van der Waals surface area contributed by atoms with Crippen molar-refractivity contribution in [1.29, 1.82) is 0 Å². The Morgan fingerprint density at radius 3 is 2.11 bits per heavy atom. The number of hydrogen-bond donors (Lipinski definition) is 10. The van der Waals surface area contributed by atoms with Gasteiger partial charge in [0.1, 0.15) is 42.7 Å². The SMILES string of the molecule is CC(=O)N[C@H]1[C@H]([C@H](O)[C@H](O)CO)O[C@@](O[C@H]2[C@H](O)[C@@H](CO)OC(O)[C@@H]2NC(C)=O)(C(=O)O)C[C@@H]1O. The number of carbonyl (C=O) groups excluding carboxylic acids is 2. The second-order valence-corrected chi connectivity index (χ2v) is 8.43. The Morgan fingerprint density at radius 1 is 1.06 bits per heavy atom. The zero-order valence-electron chi connectivity index (χ0n) is 18.9. The molecule has 16 heteroatoms. The number of rotatable bonds is 9. The number of carboxylic acids is 1. The smallest absolute Gasteiger partial charge is 0.364 e. The molecule has 1 unspecified atom stereocenters. The highest BCUT2D eigenvalue weighted by molar-refractivity contribution is 5.77. The number of ether oxygens (including phenoxy) is 3. The largest absolute Gasteiger partial charge is 0.477 e. The van der Waals surface area contributed by atoms with E-state index in [1.54, 1.807) is 0 Å². The Morgan fingerprint density at radius 2 is 1.63 bits per heavy atom. The zero-order valence-corrected chi connectivity index (χ0v) is 18.9. The molecule has 202 valence electrons. The molecule has 0 aliphatic carbocycles. The molecular formula is C19H32N2O14. The van der Waals surface area contributed by atoms with Gasteiger partial charge in [0.25, 0.3) is 5.79 Å². The first-order valence-corrected chi connectivity index (χ1v) is 10.7. The molecule has 0 radical (unpaired) electrons. The number of aliphatic hydroxyl groups excluding tert-OH is 7. The highest BCUT2D eigenvalue weighted by Crippen LogP contribution is 2.37. The van der Waals surface area contributed by atoms with Crippen molar-refractivity contribution in [2.45, 2.75) is 87.2 Å². The summed E-state index contributed by atoms with van der Waals surface area (Å²) in [5.74, 6) is -6.16. The number of hydrogen-bond acceptors (Lipinski definition) is 13.